The maximum Gasteiger partial charge on any atom is 0.280 e. The van der Waals surface area contributed by atoms with E-state index >= 15 is 0 Å². The van der Waals surface area contributed by atoms with Crippen molar-refractivity contribution in [3.8, 4) is 34.2 Å². The molecule has 10 aromatic heterocycles. The molecule has 25 rings (SSSR count). The van der Waals surface area contributed by atoms with E-state index < -0.39 is 22.8 Å². The zero-order chi connectivity index (χ0) is 95.2. The number of anilines is 5. The van der Waals surface area contributed by atoms with E-state index in [1.807, 2.05) is 108 Å². The monoisotopic (exact) mass is 1870 g/mol. The summed E-state index contributed by atoms with van der Waals surface area (Å²) < 4.78 is 70.4. The van der Waals surface area contributed by atoms with Crippen molar-refractivity contribution in [2.75, 3.05) is 184 Å². The Morgan fingerprint density at radius 3 is 0.942 bits per heavy atom. The van der Waals surface area contributed by atoms with Gasteiger partial charge in [0.2, 0.25) is 0 Å². The van der Waals surface area contributed by atoms with Crippen LogP contribution >= 0.6 is 0 Å². The van der Waals surface area contributed by atoms with E-state index in [1.54, 1.807) is 76.1 Å². The van der Waals surface area contributed by atoms with Crippen molar-refractivity contribution >= 4 is 137 Å². The standard InChI is InChI=1S/C22H23N5O2.C21H19F2N5O.C21H21N5O.C20H17F2N5O.C20H19N5O/c1-25-9-11-26(12-10-25)16-5-8-20-18(13-16)21-19(14-23-20)22(28)27(24-21)15-3-6-17(29-2)7-4-15;1-26-6-8-27(9-7-26)19-11-17-13(10-16(19)23)20-14(12-24-17)21(29)28(25-20)18-5-3-2-4-15(18)22;1-24-9-11-25(12-10-24)16-7-8-17-19(13-16)22-14-18-20(17)23-26(21(18)27)15-5-3-2-4-6-15;21-14-3-1-2-4-17(14)27-20(28)13-11-24-16-10-18(26-7-5-23-6-8-26)15(22)9-12(16)19(13)25-27;26-20-17-13-22-18-12-15(24-10-8-21-9-11-24)6-7-16(18)19(17)23-25(20)14-4-2-1-3-5-14/h3-8,13-14,24H,9-12H2,1-2H3;2-5,10-12,25H,6-9H2,1H3;2-8,13-14,23H,9-12H2,1H3;1-4,9-11,23,25H,5-8H2;1-7,12-13,21,23H,8-11H2. The molecule has 31 nitrogen and oxygen atoms in total. The molecule has 0 unspecified atom stereocenters. The van der Waals surface area contributed by atoms with Crippen LogP contribution in [-0.4, -0.2) is 248 Å². The van der Waals surface area contributed by atoms with Crippen LogP contribution < -0.4 is 67.7 Å². The van der Waals surface area contributed by atoms with Gasteiger partial charge in [0.05, 0.1) is 118 Å². The molecule has 0 aliphatic carbocycles. The molecular formula is C104H99F4N25O6. The van der Waals surface area contributed by atoms with Gasteiger partial charge in [-0.25, -0.2) is 41.0 Å². The van der Waals surface area contributed by atoms with E-state index in [2.05, 4.69) is 153 Å². The smallest absolute Gasteiger partial charge is 0.280 e. The number of hydrogen-bond acceptors (Lipinski definition) is 21. The summed E-state index contributed by atoms with van der Waals surface area (Å²) in [6.07, 6.45) is 7.93. The van der Waals surface area contributed by atoms with E-state index in [-0.39, 0.29) is 50.5 Å². The minimum absolute atomic E-state index is 0.0752. The Bertz CT molecular complexity index is 8350. The summed E-state index contributed by atoms with van der Waals surface area (Å²) in [6.45, 7) is 18.5. The lowest BCUT2D eigenvalue weighted by Gasteiger charge is -2.34. The number of methoxy groups -OCH3 is 1. The Morgan fingerprint density at radius 2 is 0.547 bits per heavy atom. The minimum atomic E-state index is -0.527. The predicted molar refractivity (Wildman–Crippen MR) is 542 cm³/mol. The maximum absolute atomic E-state index is 15.0. The van der Waals surface area contributed by atoms with Crippen molar-refractivity contribution in [2.45, 2.75) is 0 Å². The van der Waals surface area contributed by atoms with E-state index in [1.165, 1.54) is 60.2 Å². The van der Waals surface area contributed by atoms with Crippen molar-refractivity contribution < 1.29 is 22.3 Å². The number of halogens is 4. The summed E-state index contributed by atoms with van der Waals surface area (Å²) in [5, 5.41) is 28.5. The molecule has 15 heterocycles. The first-order chi connectivity index (χ1) is 67.8. The number of rotatable bonds is 11. The van der Waals surface area contributed by atoms with E-state index in [0.29, 0.717) is 73.5 Å². The molecule has 7 N–H and O–H groups in total. The minimum Gasteiger partial charge on any atom is -0.497 e. The fourth-order valence-electron chi connectivity index (χ4n) is 18.9. The predicted octanol–water partition coefficient (Wildman–Crippen LogP) is 13.0. The highest BCUT2D eigenvalue weighted by atomic mass is 19.1. The fourth-order valence-corrected chi connectivity index (χ4v) is 18.9. The Hall–Kier alpha value is -16.1. The van der Waals surface area contributed by atoms with Gasteiger partial charge in [-0.15, -0.1) is 0 Å². The van der Waals surface area contributed by atoms with Gasteiger partial charge in [-0.3, -0.25) is 74.4 Å². The molecule has 10 aromatic carbocycles. The molecule has 35 heteroatoms. The van der Waals surface area contributed by atoms with E-state index in [4.69, 9.17) is 4.74 Å². The number of ether oxygens (including phenoxy) is 1. The third kappa shape index (κ3) is 17.6. The van der Waals surface area contributed by atoms with Gasteiger partial charge in [0, 0.05) is 206 Å². The van der Waals surface area contributed by atoms with Crippen LogP contribution in [0.3, 0.4) is 0 Å². The average molecular weight is 1870 g/mol. The maximum atomic E-state index is 15.0. The largest absolute Gasteiger partial charge is 0.497 e. The molecular weight excluding hydrogens is 1770 g/mol. The van der Waals surface area contributed by atoms with Crippen LogP contribution in [0.1, 0.15) is 0 Å². The average Bonchev–Trinajstić information content (AvgIpc) is 1.63. The van der Waals surface area contributed by atoms with Crippen molar-refractivity contribution in [3.05, 3.63) is 318 Å². The highest BCUT2D eigenvalue weighted by molar-refractivity contribution is 6.08. The van der Waals surface area contributed by atoms with Crippen molar-refractivity contribution in [3.63, 3.8) is 0 Å². The van der Waals surface area contributed by atoms with Crippen LogP contribution in [0, 0.1) is 23.3 Å². The van der Waals surface area contributed by atoms with Crippen molar-refractivity contribution in [1.29, 1.82) is 0 Å². The van der Waals surface area contributed by atoms with Gasteiger partial charge in [0.15, 0.2) is 0 Å². The number of pyridine rings is 5. The molecule has 0 radical (unpaired) electrons. The Kier molecular flexibility index (Phi) is 24.6. The SMILES string of the molecule is CN1CCN(c2cc3ncc4c(=O)n(-c5ccccc5F)[nH]c4c3cc2F)CC1.CN1CCN(c2ccc3c(c2)ncc2c(=O)n(-c4ccccc4)[nH]c23)CC1.COc1ccc(-n2[nH]c3c(cnc4ccc(N5CCN(C)CC5)cc43)c2=O)cc1.O=c1c2cnc3cc(N4CCNCC4)c(F)cc3c2[nH]n1-c1ccccc1F.O=c1c2cnc3cc(N4CCNCC4)ccc3c2[nH]n1-c1ccccc1. The first kappa shape index (κ1) is 89.5. The number of hydrogen-bond donors (Lipinski definition) is 7. The number of piperazine rings is 5. The van der Waals surface area contributed by atoms with Gasteiger partial charge in [-0.1, -0.05) is 60.7 Å². The Balaban J connectivity index is 0.000000103. The number of nitrogens with zero attached hydrogens (tertiary/aromatic N) is 18. The topological polar surface area (TPSA) is 313 Å². The molecule has 139 heavy (non-hydrogen) atoms. The summed E-state index contributed by atoms with van der Waals surface area (Å²) in [4.78, 5) is 104. The second kappa shape index (κ2) is 38.2. The molecule has 0 spiro atoms. The number of benzene rings is 10. The molecule has 5 fully saturated rings. The Labute approximate surface area is 790 Å². The van der Waals surface area contributed by atoms with Gasteiger partial charge in [-0.2, -0.15) is 0 Å². The molecule has 20 aromatic rings. The van der Waals surface area contributed by atoms with Crippen molar-refractivity contribution in [1.82, 2.24) is 99.2 Å². The van der Waals surface area contributed by atoms with Crippen LogP contribution in [0.2, 0.25) is 0 Å². The zero-order valence-electron chi connectivity index (χ0n) is 76.7. The number of para-hydroxylation sites is 4. The molecule has 0 atom stereocenters. The molecule has 0 amide bonds. The second-order valence-electron chi connectivity index (χ2n) is 35.4. The molecule has 0 saturated carbocycles. The third-order valence-electron chi connectivity index (χ3n) is 26.8. The highest BCUT2D eigenvalue weighted by Crippen LogP contribution is 2.36. The molecule has 5 saturated heterocycles. The lowest BCUT2D eigenvalue weighted by molar-refractivity contribution is 0.312. The molecule has 5 aliphatic rings. The summed E-state index contributed by atoms with van der Waals surface area (Å²) >= 11 is 0. The summed E-state index contributed by atoms with van der Waals surface area (Å²) in [5.41, 5.74) is 13.2. The quantitative estimate of drug-likeness (QED) is 0.0592. The van der Waals surface area contributed by atoms with Gasteiger partial charge in [0.25, 0.3) is 27.8 Å². The van der Waals surface area contributed by atoms with Gasteiger partial charge >= 0.3 is 0 Å². The van der Waals surface area contributed by atoms with E-state index in [0.717, 1.165) is 205 Å². The number of nitrogens with one attached hydrogen (secondary N) is 7. The summed E-state index contributed by atoms with van der Waals surface area (Å²) in [5.74, 6) is -1.04. The van der Waals surface area contributed by atoms with Crippen LogP contribution in [0.25, 0.3) is 137 Å². The number of aromatic nitrogens is 15. The normalized spacial score (nSPS) is 15.3. The van der Waals surface area contributed by atoms with Gasteiger partial charge in [-0.05, 0) is 173 Å². The summed E-state index contributed by atoms with van der Waals surface area (Å²) in [6, 6.07) is 63.7. The highest BCUT2D eigenvalue weighted by Gasteiger charge is 2.27. The fraction of sp³-hybridized carbons (Fsp3) is 0.231. The zero-order valence-corrected chi connectivity index (χ0v) is 76.7. The lowest BCUT2D eigenvalue weighted by atomic mass is 10.1. The third-order valence-corrected chi connectivity index (χ3v) is 26.8. The van der Waals surface area contributed by atoms with E-state index in [9.17, 15) is 41.5 Å². The van der Waals surface area contributed by atoms with Crippen LogP contribution in [0.15, 0.2) is 267 Å². The molecule has 0 bridgehead atoms. The van der Waals surface area contributed by atoms with Crippen molar-refractivity contribution in [2.24, 2.45) is 0 Å². The number of fused-ring (bicyclic) bond motifs is 15. The van der Waals surface area contributed by atoms with Gasteiger partial charge in [0.1, 0.15) is 40.4 Å². The molecule has 5 aliphatic heterocycles. The van der Waals surface area contributed by atoms with Crippen LogP contribution in [0.5, 0.6) is 5.75 Å². The Morgan fingerprint density at radius 1 is 0.252 bits per heavy atom. The van der Waals surface area contributed by atoms with Gasteiger partial charge < -0.3 is 54.6 Å². The molecule has 704 valence electrons. The lowest BCUT2D eigenvalue weighted by Crippen LogP contribution is -2.44. The van der Waals surface area contributed by atoms with Crippen LogP contribution in [0.4, 0.5) is 46.0 Å². The number of aromatic amines is 5. The second-order valence-corrected chi connectivity index (χ2v) is 35.4. The number of H-pyrrole nitrogens is 5. The van der Waals surface area contributed by atoms with Crippen LogP contribution in [-0.2, 0) is 0 Å². The summed E-state index contributed by atoms with van der Waals surface area (Å²) in [7, 11) is 7.98. The number of likely N-dealkylation sites (N-methyl/N-ethyl adjacent to an activating group) is 3. The first-order valence-electron chi connectivity index (χ1n) is 46.3. The first-order valence-corrected chi connectivity index (χ1v) is 46.3.